The first-order valence-corrected chi connectivity index (χ1v) is 15.2. The van der Waals surface area contributed by atoms with Crippen LogP contribution in [-0.4, -0.2) is 76.8 Å². The smallest absolute Gasteiger partial charge is 0.254 e. The standard InChI is InChI=1S/C30H40N4O7S/c1-6-38-26(39-7-2)16-40-25-13-24(41-33-25)27(18(3)4)30(37)34-15-22(35)12-23(34)29(36)31-14-20-8-10-21(11-9-20)28-19(5)32-17-42-28/h8-11,13,17-18,22-23,26-27,35H,6-7,12,14-16H2,1-5H3,(H,31,36)/t22-,23+,27-/m1/s1. The molecular weight excluding hydrogens is 560 g/mol. The van der Waals surface area contributed by atoms with Crippen LogP contribution in [0.15, 0.2) is 40.4 Å². The van der Waals surface area contributed by atoms with Gasteiger partial charge in [0.05, 0.1) is 22.2 Å². The highest BCUT2D eigenvalue weighted by molar-refractivity contribution is 7.13. The van der Waals surface area contributed by atoms with Crippen molar-refractivity contribution in [1.82, 2.24) is 20.4 Å². The third-order valence-corrected chi connectivity index (χ3v) is 8.09. The number of nitrogens with zero attached hydrogens (tertiary/aromatic N) is 3. The molecule has 12 heteroatoms. The Morgan fingerprint density at radius 1 is 1.19 bits per heavy atom. The molecule has 1 aliphatic rings. The summed E-state index contributed by atoms with van der Waals surface area (Å²) in [6.07, 6.45) is -1.19. The molecule has 0 aliphatic carbocycles. The molecule has 4 rings (SSSR count). The molecule has 1 saturated heterocycles. The highest BCUT2D eigenvalue weighted by atomic mass is 32.1. The van der Waals surface area contributed by atoms with E-state index in [0.717, 1.165) is 21.7 Å². The van der Waals surface area contributed by atoms with Crippen LogP contribution in [0.3, 0.4) is 0 Å². The van der Waals surface area contributed by atoms with Crippen molar-refractivity contribution in [3.8, 4) is 16.3 Å². The molecule has 1 aromatic carbocycles. The quantitative estimate of drug-likeness (QED) is 0.264. The van der Waals surface area contributed by atoms with Crippen LogP contribution >= 0.6 is 11.3 Å². The first-order chi connectivity index (χ1) is 20.2. The second-order valence-corrected chi connectivity index (χ2v) is 11.4. The van der Waals surface area contributed by atoms with Crippen molar-refractivity contribution in [2.75, 3.05) is 26.4 Å². The van der Waals surface area contributed by atoms with Crippen LogP contribution in [0.5, 0.6) is 5.88 Å². The number of likely N-dealkylation sites (tertiary alicyclic amines) is 1. The lowest BCUT2D eigenvalue weighted by atomic mass is 9.91. The molecule has 1 fully saturated rings. The number of aliphatic hydroxyl groups is 1. The molecule has 0 saturated carbocycles. The summed E-state index contributed by atoms with van der Waals surface area (Å²) in [5.41, 5.74) is 4.81. The third kappa shape index (κ3) is 7.74. The van der Waals surface area contributed by atoms with Gasteiger partial charge in [-0.3, -0.25) is 9.59 Å². The lowest BCUT2D eigenvalue weighted by Gasteiger charge is -2.28. The SMILES string of the molecule is CCOC(COc1cc([C@H](C(=O)N2C[C@H](O)C[C@H]2C(=O)NCc2ccc(-c3scnc3C)cc2)C(C)C)on1)OCC. The van der Waals surface area contributed by atoms with Crippen LogP contribution in [0.1, 0.15) is 57.1 Å². The van der Waals surface area contributed by atoms with Crippen molar-refractivity contribution < 1.29 is 33.4 Å². The normalized spacial score (nSPS) is 17.7. The van der Waals surface area contributed by atoms with Crippen LogP contribution in [0.4, 0.5) is 0 Å². The number of carbonyl (C=O) groups excluding carboxylic acids is 2. The van der Waals surface area contributed by atoms with E-state index in [1.165, 1.54) is 4.90 Å². The number of rotatable bonds is 14. The molecule has 11 nitrogen and oxygen atoms in total. The van der Waals surface area contributed by atoms with Gasteiger partial charge in [0.15, 0.2) is 12.1 Å². The lowest BCUT2D eigenvalue weighted by Crippen LogP contribution is -2.48. The van der Waals surface area contributed by atoms with Crippen LogP contribution in [0.25, 0.3) is 10.4 Å². The van der Waals surface area contributed by atoms with E-state index < -0.39 is 24.4 Å². The summed E-state index contributed by atoms with van der Waals surface area (Å²) < 4.78 is 22.2. The van der Waals surface area contributed by atoms with E-state index in [1.54, 1.807) is 17.4 Å². The molecule has 1 aliphatic heterocycles. The summed E-state index contributed by atoms with van der Waals surface area (Å²) in [5.74, 6) is -0.974. The third-order valence-electron chi connectivity index (χ3n) is 7.11. The Hall–Kier alpha value is -3.32. The molecule has 2 aromatic heterocycles. The lowest BCUT2D eigenvalue weighted by molar-refractivity contribution is -0.153. The summed E-state index contributed by atoms with van der Waals surface area (Å²) in [7, 11) is 0. The highest BCUT2D eigenvalue weighted by Gasteiger charge is 2.43. The zero-order valence-corrected chi connectivity index (χ0v) is 25.6. The summed E-state index contributed by atoms with van der Waals surface area (Å²) in [6.45, 7) is 10.9. The maximum absolute atomic E-state index is 13.8. The first-order valence-electron chi connectivity index (χ1n) is 14.3. The molecule has 3 atom stereocenters. The maximum Gasteiger partial charge on any atom is 0.254 e. The fourth-order valence-electron chi connectivity index (χ4n) is 5.04. The minimum atomic E-state index is -0.804. The summed E-state index contributed by atoms with van der Waals surface area (Å²) >= 11 is 1.59. The summed E-state index contributed by atoms with van der Waals surface area (Å²) in [4.78, 5) is 33.9. The molecule has 3 aromatic rings. The topological polar surface area (TPSA) is 136 Å². The zero-order valence-electron chi connectivity index (χ0n) is 24.7. The van der Waals surface area contributed by atoms with Gasteiger partial charge in [-0.15, -0.1) is 11.3 Å². The highest BCUT2D eigenvalue weighted by Crippen LogP contribution is 2.32. The number of hydrogen-bond donors (Lipinski definition) is 2. The largest absolute Gasteiger partial charge is 0.470 e. The average molecular weight is 601 g/mol. The van der Waals surface area contributed by atoms with Gasteiger partial charge < -0.3 is 34.1 Å². The number of amides is 2. The molecule has 0 spiro atoms. The van der Waals surface area contributed by atoms with Gasteiger partial charge in [-0.2, -0.15) is 0 Å². The number of aliphatic hydroxyl groups excluding tert-OH is 1. The van der Waals surface area contributed by atoms with Crippen molar-refractivity contribution in [2.24, 2.45) is 5.92 Å². The Balaban J connectivity index is 1.40. The Morgan fingerprint density at radius 2 is 1.90 bits per heavy atom. The number of aromatic nitrogens is 2. The minimum absolute atomic E-state index is 0.0604. The van der Waals surface area contributed by atoms with Crippen molar-refractivity contribution >= 4 is 23.2 Å². The average Bonchev–Trinajstić information content (AvgIpc) is 3.71. The summed E-state index contributed by atoms with van der Waals surface area (Å²) in [6, 6.07) is 8.72. The van der Waals surface area contributed by atoms with Gasteiger partial charge in [-0.1, -0.05) is 38.1 Å². The van der Waals surface area contributed by atoms with E-state index in [1.807, 2.05) is 64.4 Å². The van der Waals surface area contributed by atoms with Gasteiger partial charge >= 0.3 is 0 Å². The Labute approximate surface area is 250 Å². The Kier molecular flexibility index (Phi) is 11.1. The number of carbonyl (C=O) groups is 2. The second kappa shape index (κ2) is 14.7. The van der Waals surface area contributed by atoms with E-state index in [9.17, 15) is 14.7 Å². The van der Waals surface area contributed by atoms with Crippen molar-refractivity contribution in [3.05, 3.63) is 52.9 Å². The predicted molar refractivity (Wildman–Crippen MR) is 157 cm³/mol. The van der Waals surface area contributed by atoms with E-state index in [-0.39, 0.29) is 43.2 Å². The van der Waals surface area contributed by atoms with Gasteiger partial charge in [-0.25, -0.2) is 4.98 Å². The fourth-order valence-corrected chi connectivity index (χ4v) is 5.85. The Morgan fingerprint density at radius 3 is 2.52 bits per heavy atom. The van der Waals surface area contributed by atoms with Crippen molar-refractivity contribution in [3.63, 3.8) is 0 Å². The molecule has 2 amide bonds. The van der Waals surface area contributed by atoms with Crippen LogP contribution < -0.4 is 10.1 Å². The zero-order chi connectivity index (χ0) is 30.2. The van der Waals surface area contributed by atoms with Gasteiger partial charge in [0.25, 0.3) is 5.88 Å². The number of benzene rings is 1. The molecule has 0 radical (unpaired) electrons. The number of thiazole rings is 1. The second-order valence-electron chi connectivity index (χ2n) is 10.5. The number of aryl methyl sites for hydroxylation is 1. The summed E-state index contributed by atoms with van der Waals surface area (Å²) in [5, 5.41) is 17.4. The predicted octanol–water partition coefficient (Wildman–Crippen LogP) is 3.90. The maximum atomic E-state index is 13.8. The Bertz CT molecular complexity index is 1300. The van der Waals surface area contributed by atoms with Crippen LogP contribution in [0, 0.1) is 12.8 Å². The monoisotopic (exact) mass is 600 g/mol. The van der Waals surface area contributed by atoms with E-state index in [2.05, 4.69) is 15.5 Å². The molecular formula is C30H40N4O7S. The minimum Gasteiger partial charge on any atom is -0.470 e. The molecule has 3 heterocycles. The van der Waals surface area contributed by atoms with Gasteiger partial charge in [0.2, 0.25) is 11.8 Å². The van der Waals surface area contributed by atoms with E-state index in [4.69, 9.17) is 18.7 Å². The van der Waals surface area contributed by atoms with E-state index >= 15 is 0 Å². The van der Waals surface area contributed by atoms with Crippen molar-refractivity contribution in [1.29, 1.82) is 0 Å². The van der Waals surface area contributed by atoms with E-state index in [0.29, 0.717) is 25.5 Å². The molecule has 2 N–H and O–H groups in total. The molecule has 0 bridgehead atoms. The number of nitrogens with one attached hydrogen (secondary N) is 1. The number of ether oxygens (including phenoxy) is 3. The fraction of sp³-hybridized carbons (Fsp3) is 0.533. The van der Waals surface area contributed by atoms with Gasteiger partial charge in [-0.05, 0) is 43.0 Å². The van der Waals surface area contributed by atoms with Gasteiger partial charge in [0.1, 0.15) is 18.6 Å². The molecule has 42 heavy (non-hydrogen) atoms. The van der Waals surface area contributed by atoms with Gasteiger partial charge in [0, 0.05) is 38.8 Å². The molecule has 228 valence electrons. The first kappa shape index (κ1) is 31.6. The molecule has 0 unspecified atom stereocenters. The number of β-amino-alcohol motifs (C(OH)–C–C–N with tert-alkyl or cyclic N) is 1. The number of hydrogen-bond acceptors (Lipinski definition) is 10. The van der Waals surface area contributed by atoms with Crippen LogP contribution in [-0.2, 0) is 25.6 Å². The van der Waals surface area contributed by atoms with Crippen molar-refractivity contribution in [2.45, 2.75) is 71.9 Å². The van der Waals surface area contributed by atoms with Crippen LogP contribution in [0.2, 0.25) is 0 Å².